The fourth-order valence-electron chi connectivity index (χ4n) is 3.13. The first-order valence-electron chi connectivity index (χ1n) is 8.04. The van der Waals surface area contributed by atoms with E-state index < -0.39 is 0 Å². The molecule has 21 heavy (non-hydrogen) atoms. The van der Waals surface area contributed by atoms with Crippen LogP contribution < -0.4 is 0 Å². The van der Waals surface area contributed by atoms with Crippen molar-refractivity contribution in [1.29, 1.82) is 0 Å². The summed E-state index contributed by atoms with van der Waals surface area (Å²) in [6.45, 7) is 5.87. The SMILES string of the molecule is CCCC1CCC(=O)N(Cc2c(Br)c(CC)nn2C)CC1. The van der Waals surface area contributed by atoms with E-state index in [1.54, 1.807) is 0 Å². The van der Waals surface area contributed by atoms with E-state index in [9.17, 15) is 4.79 Å². The smallest absolute Gasteiger partial charge is 0.222 e. The Morgan fingerprint density at radius 3 is 2.71 bits per heavy atom. The van der Waals surface area contributed by atoms with Gasteiger partial charge in [-0.1, -0.05) is 26.7 Å². The number of halogens is 1. The minimum absolute atomic E-state index is 0.291. The predicted molar refractivity (Wildman–Crippen MR) is 88.0 cm³/mol. The molecule has 0 bridgehead atoms. The lowest BCUT2D eigenvalue weighted by Crippen LogP contribution is -2.30. The zero-order valence-electron chi connectivity index (χ0n) is 13.4. The molecule has 1 atom stereocenters. The summed E-state index contributed by atoms with van der Waals surface area (Å²) < 4.78 is 2.97. The molecular formula is C16H26BrN3O. The number of nitrogens with zero attached hydrogens (tertiary/aromatic N) is 3. The monoisotopic (exact) mass is 355 g/mol. The van der Waals surface area contributed by atoms with E-state index in [0.29, 0.717) is 24.8 Å². The second-order valence-corrected chi connectivity index (χ2v) is 6.77. The highest BCUT2D eigenvalue weighted by Crippen LogP contribution is 2.26. The molecule has 0 aromatic carbocycles. The van der Waals surface area contributed by atoms with Crippen molar-refractivity contribution in [3.8, 4) is 0 Å². The predicted octanol–water partition coefficient (Wildman–Crippen LogP) is 3.67. The lowest BCUT2D eigenvalue weighted by molar-refractivity contribution is -0.131. The maximum atomic E-state index is 12.3. The quantitative estimate of drug-likeness (QED) is 0.807. The van der Waals surface area contributed by atoms with Gasteiger partial charge in [0.2, 0.25) is 5.91 Å². The molecule has 1 unspecified atom stereocenters. The van der Waals surface area contributed by atoms with Crippen LogP contribution in [0.4, 0.5) is 0 Å². The molecule has 0 spiro atoms. The van der Waals surface area contributed by atoms with Crippen LogP contribution in [0.15, 0.2) is 4.47 Å². The highest BCUT2D eigenvalue weighted by Gasteiger charge is 2.24. The van der Waals surface area contributed by atoms with Gasteiger partial charge in [0.05, 0.1) is 22.4 Å². The molecule has 0 radical (unpaired) electrons. The zero-order valence-corrected chi connectivity index (χ0v) is 14.9. The minimum atomic E-state index is 0.291. The third-order valence-electron chi connectivity index (χ3n) is 4.47. The molecule has 1 amide bonds. The van der Waals surface area contributed by atoms with Gasteiger partial charge in [-0.15, -0.1) is 0 Å². The van der Waals surface area contributed by atoms with Crippen molar-refractivity contribution in [2.45, 2.75) is 58.9 Å². The van der Waals surface area contributed by atoms with E-state index in [2.05, 4.69) is 34.9 Å². The topological polar surface area (TPSA) is 38.1 Å². The van der Waals surface area contributed by atoms with Crippen LogP contribution in [0.3, 0.4) is 0 Å². The number of hydrogen-bond acceptors (Lipinski definition) is 2. The molecule has 0 saturated carbocycles. The lowest BCUT2D eigenvalue weighted by atomic mass is 9.96. The van der Waals surface area contributed by atoms with Gasteiger partial charge >= 0.3 is 0 Å². The molecule has 0 N–H and O–H groups in total. The summed E-state index contributed by atoms with van der Waals surface area (Å²) >= 11 is 3.64. The van der Waals surface area contributed by atoms with Crippen molar-refractivity contribution >= 4 is 21.8 Å². The lowest BCUT2D eigenvalue weighted by Gasteiger charge is -2.21. The van der Waals surface area contributed by atoms with E-state index >= 15 is 0 Å². The average Bonchev–Trinajstić information content (AvgIpc) is 2.62. The van der Waals surface area contributed by atoms with E-state index in [1.165, 1.54) is 12.8 Å². The van der Waals surface area contributed by atoms with Crippen LogP contribution in [-0.2, 0) is 24.8 Å². The first-order chi connectivity index (χ1) is 10.1. The molecule has 0 aliphatic carbocycles. The molecule has 2 rings (SSSR count). The molecule has 1 fully saturated rings. The van der Waals surface area contributed by atoms with Gasteiger partial charge < -0.3 is 4.90 Å². The molecule has 118 valence electrons. The van der Waals surface area contributed by atoms with Crippen molar-refractivity contribution in [2.24, 2.45) is 13.0 Å². The van der Waals surface area contributed by atoms with Gasteiger partial charge in [-0.3, -0.25) is 9.48 Å². The van der Waals surface area contributed by atoms with E-state index in [0.717, 1.165) is 41.7 Å². The molecule has 1 aliphatic rings. The Morgan fingerprint density at radius 1 is 1.33 bits per heavy atom. The Bertz CT molecular complexity index is 498. The average molecular weight is 356 g/mol. The van der Waals surface area contributed by atoms with Gasteiger partial charge in [-0.25, -0.2) is 0 Å². The van der Waals surface area contributed by atoms with Gasteiger partial charge in [-0.05, 0) is 41.1 Å². The number of amides is 1. The number of aryl methyl sites for hydroxylation is 2. The van der Waals surface area contributed by atoms with E-state index in [4.69, 9.17) is 0 Å². The molecule has 2 heterocycles. The van der Waals surface area contributed by atoms with Crippen LogP contribution in [0.1, 0.15) is 57.3 Å². The van der Waals surface area contributed by atoms with E-state index in [1.807, 2.05) is 16.6 Å². The van der Waals surface area contributed by atoms with Crippen molar-refractivity contribution in [3.05, 3.63) is 15.9 Å². The number of likely N-dealkylation sites (tertiary alicyclic amines) is 1. The number of aromatic nitrogens is 2. The molecular weight excluding hydrogens is 330 g/mol. The summed E-state index contributed by atoms with van der Waals surface area (Å²) in [4.78, 5) is 14.4. The third kappa shape index (κ3) is 3.87. The van der Waals surface area contributed by atoms with Crippen LogP contribution in [-0.4, -0.2) is 27.1 Å². The van der Waals surface area contributed by atoms with Gasteiger partial charge in [0, 0.05) is 20.0 Å². The van der Waals surface area contributed by atoms with Crippen molar-refractivity contribution in [3.63, 3.8) is 0 Å². The molecule has 1 aromatic rings. The van der Waals surface area contributed by atoms with Crippen molar-refractivity contribution in [2.75, 3.05) is 6.54 Å². The maximum absolute atomic E-state index is 12.3. The number of hydrogen-bond donors (Lipinski definition) is 0. The number of rotatable bonds is 5. The standard InChI is InChI=1S/C16H26BrN3O/c1-4-6-12-7-8-15(21)20(10-9-12)11-14-16(17)13(5-2)18-19(14)3/h12H,4-11H2,1-3H3. The Balaban J connectivity index is 2.08. The van der Waals surface area contributed by atoms with E-state index in [-0.39, 0.29) is 0 Å². The number of carbonyl (C=O) groups is 1. The number of carbonyl (C=O) groups excluding carboxylic acids is 1. The molecule has 1 saturated heterocycles. The first-order valence-corrected chi connectivity index (χ1v) is 8.84. The van der Waals surface area contributed by atoms with Gasteiger partial charge in [-0.2, -0.15) is 5.10 Å². The second kappa shape index (κ2) is 7.43. The fraction of sp³-hybridized carbons (Fsp3) is 0.750. The summed E-state index contributed by atoms with van der Waals surface area (Å²) in [6, 6.07) is 0. The Hall–Kier alpha value is -0.840. The normalized spacial score (nSPS) is 19.9. The summed E-state index contributed by atoms with van der Waals surface area (Å²) in [7, 11) is 1.96. The summed E-state index contributed by atoms with van der Waals surface area (Å²) in [5.74, 6) is 1.00. The summed E-state index contributed by atoms with van der Waals surface area (Å²) in [5.41, 5.74) is 2.17. The Kier molecular flexibility index (Phi) is 5.85. The highest BCUT2D eigenvalue weighted by atomic mass is 79.9. The van der Waals surface area contributed by atoms with Gasteiger partial charge in [0.15, 0.2) is 0 Å². The molecule has 5 heteroatoms. The zero-order chi connectivity index (χ0) is 15.4. The van der Waals surface area contributed by atoms with Crippen LogP contribution in [0.25, 0.3) is 0 Å². The maximum Gasteiger partial charge on any atom is 0.222 e. The Morgan fingerprint density at radius 2 is 2.10 bits per heavy atom. The fourth-order valence-corrected chi connectivity index (χ4v) is 3.87. The minimum Gasteiger partial charge on any atom is -0.337 e. The highest BCUT2D eigenvalue weighted by molar-refractivity contribution is 9.10. The molecule has 1 aliphatic heterocycles. The summed E-state index contributed by atoms with van der Waals surface area (Å²) in [6.07, 6.45) is 6.25. The van der Waals surface area contributed by atoms with Crippen LogP contribution in [0.5, 0.6) is 0 Å². The van der Waals surface area contributed by atoms with Gasteiger partial charge in [0.1, 0.15) is 0 Å². The van der Waals surface area contributed by atoms with Gasteiger partial charge in [0.25, 0.3) is 0 Å². The van der Waals surface area contributed by atoms with Crippen LogP contribution in [0.2, 0.25) is 0 Å². The third-order valence-corrected chi connectivity index (χ3v) is 5.38. The second-order valence-electron chi connectivity index (χ2n) is 5.98. The van der Waals surface area contributed by atoms with Crippen molar-refractivity contribution in [1.82, 2.24) is 14.7 Å². The molecule has 4 nitrogen and oxygen atoms in total. The Labute approximate surface area is 136 Å². The molecule has 1 aromatic heterocycles. The largest absolute Gasteiger partial charge is 0.337 e. The van der Waals surface area contributed by atoms with Crippen LogP contribution >= 0.6 is 15.9 Å². The summed E-state index contributed by atoms with van der Waals surface area (Å²) in [5, 5.41) is 4.52. The van der Waals surface area contributed by atoms with Crippen molar-refractivity contribution < 1.29 is 4.79 Å². The first kappa shape index (κ1) is 16.5. The van der Waals surface area contributed by atoms with Crippen LogP contribution in [0, 0.1) is 5.92 Å².